The molecule has 3 rings (SSSR count). The first kappa shape index (κ1) is 20.8. The standard InChI is InChI=1S/C19H25N3O4S2/c1-22(2)15-5-3-13(4-6-15)16-7-8-17(27-16)28(25,26)21-18(19(23)24)14-9-11-20-12-10-14/h3-8,14,18,20-21H,9-12H2,1-2H3,(H,23,24)/t18-/m1/s1. The topological polar surface area (TPSA) is 98.7 Å². The van der Waals surface area contributed by atoms with Crippen LogP contribution in [0.1, 0.15) is 12.8 Å². The third kappa shape index (κ3) is 4.72. The lowest BCUT2D eigenvalue weighted by atomic mass is 9.91. The molecule has 1 aliphatic rings. The van der Waals surface area contributed by atoms with Crippen molar-refractivity contribution in [2.24, 2.45) is 5.92 Å². The monoisotopic (exact) mass is 423 g/mol. The highest BCUT2D eigenvalue weighted by molar-refractivity contribution is 7.91. The van der Waals surface area contributed by atoms with Crippen molar-refractivity contribution >= 4 is 33.0 Å². The van der Waals surface area contributed by atoms with Crippen LogP contribution in [-0.4, -0.2) is 52.7 Å². The van der Waals surface area contributed by atoms with E-state index < -0.39 is 22.0 Å². The van der Waals surface area contributed by atoms with E-state index in [-0.39, 0.29) is 10.1 Å². The van der Waals surface area contributed by atoms with Crippen LogP contribution in [0.5, 0.6) is 0 Å². The first-order valence-electron chi connectivity index (χ1n) is 9.11. The second-order valence-electron chi connectivity index (χ2n) is 7.08. The summed E-state index contributed by atoms with van der Waals surface area (Å²) in [7, 11) is 0.00863. The van der Waals surface area contributed by atoms with Gasteiger partial charge in [-0.2, -0.15) is 4.72 Å². The summed E-state index contributed by atoms with van der Waals surface area (Å²) in [6.07, 6.45) is 1.26. The molecule has 0 bridgehead atoms. The van der Waals surface area contributed by atoms with Crippen LogP contribution in [0.15, 0.2) is 40.6 Å². The number of rotatable bonds is 7. The zero-order valence-electron chi connectivity index (χ0n) is 15.9. The Balaban J connectivity index is 1.79. The smallest absolute Gasteiger partial charge is 0.322 e. The first-order chi connectivity index (χ1) is 13.3. The summed E-state index contributed by atoms with van der Waals surface area (Å²) in [4.78, 5) is 14.5. The van der Waals surface area contributed by atoms with Crippen molar-refractivity contribution in [3.8, 4) is 10.4 Å². The van der Waals surface area contributed by atoms with Gasteiger partial charge in [-0.1, -0.05) is 12.1 Å². The van der Waals surface area contributed by atoms with Gasteiger partial charge in [0.2, 0.25) is 0 Å². The van der Waals surface area contributed by atoms with Crippen LogP contribution in [-0.2, 0) is 14.8 Å². The molecule has 2 aromatic rings. The molecule has 7 nitrogen and oxygen atoms in total. The lowest BCUT2D eigenvalue weighted by Crippen LogP contribution is -2.48. The number of nitrogens with zero attached hydrogens (tertiary/aromatic N) is 1. The van der Waals surface area contributed by atoms with E-state index >= 15 is 0 Å². The highest BCUT2D eigenvalue weighted by atomic mass is 32.2. The van der Waals surface area contributed by atoms with Crippen LogP contribution in [0, 0.1) is 5.92 Å². The first-order valence-corrected chi connectivity index (χ1v) is 11.4. The molecular formula is C19H25N3O4S2. The molecule has 28 heavy (non-hydrogen) atoms. The van der Waals surface area contributed by atoms with Crippen LogP contribution in [0.4, 0.5) is 5.69 Å². The van der Waals surface area contributed by atoms with Crippen molar-refractivity contribution in [2.45, 2.75) is 23.1 Å². The van der Waals surface area contributed by atoms with Crippen LogP contribution in [0.3, 0.4) is 0 Å². The fraction of sp³-hybridized carbons (Fsp3) is 0.421. The van der Waals surface area contributed by atoms with Gasteiger partial charge in [-0.25, -0.2) is 8.42 Å². The number of carboxylic acid groups (broad SMARTS) is 1. The van der Waals surface area contributed by atoms with Crippen LogP contribution < -0.4 is 14.9 Å². The third-order valence-electron chi connectivity index (χ3n) is 4.92. The molecule has 152 valence electrons. The summed E-state index contributed by atoms with van der Waals surface area (Å²) >= 11 is 1.14. The lowest BCUT2D eigenvalue weighted by Gasteiger charge is -2.28. The molecule has 1 aliphatic heterocycles. The number of aliphatic carboxylic acids is 1. The van der Waals surface area contributed by atoms with Crippen molar-refractivity contribution in [1.82, 2.24) is 10.0 Å². The van der Waals surface area contributed by atoms with E-state index in [4.69, 9.17) is 0 Å². The van der Waals surface area contributed by atoms with E-state index in [1.54, 1.807) is 6.07 Å². The van der Waals surface area contributed by atoms with Crippen molar-refractivity contribution in [1.29, 1.82) is 0 Å². The van der Waals surface area contributed by atoms with Gasteiger partial charge in [-0.15, -0.1) is 11.3 Å². The molecule has 1 aromatic carbocycles. The fourth-order valence-corrected chi connectivity index (χ4v) is 5.88. The van der Waals surface area contributed by atoms with Gasteiger partial charge in [-0.3, -0.25) is 4.79 Å². The van der Waals surface area contributed by atoms with Gasteiger partial charge in [0.1, 0.15) is 10.3 Å². The van der Waals surface area contributed by atoms with E-state index in [1.165, 1.54) is 6.07 Å². The number of piperidine rings is 1. The molecule has 0 saturated carbocycles. The second-order valence-corrected chi connectivity index (χ2v) is 10.1. The Labute approximate surface area is 169 Å². The zero-order valence-corrected chi connectivity index (χ0v) is 17.5. The predicted molar refractivity (Wildman–Crippen MR) is 111 cm³/mol. The van der Waals surface area contributed by atoms with Gasteiger partial charge in [0.25, 0.3) is 10.0 Å². The number of nitrogens with one attached hydrogen (secondary N) is 2. The van der Waals surface area contributed by atoms with Gasteiger partial charge in [0.05, 0.1) is 0 Å². The number of thiophene rings is 1. The number of benzene rings is 1. The summed E-state index contributed by atoms with van der Waals surface area (Å²) < 4.78 is 28.1. The second kappa shape index (κ2) is 8.60. The Kier molecular flexibility index (Phi) is 6.39. The molecule has 0 aliphatic carbocycles. The summed E-state index contributed by atoms with van der Waals surface area (Å²) in [5.74, 6) is -1.35. The summed E-state index contributed by atoms with van der Waals surface area (Å²) in [6.45, 7) is 1.39. The van der Waals surface area contributed by atoms with Gasteiger partial charge in [-0.05, 0) is 61.7 Å². The van der Waals surface area contributed by atoms with Gasteiger partial charge >= 0.3 is 5.97 Å². The molecule has 0 radical (unpaired) electrons. The maximum absolute atomic E-state index is 12.8. The summed E-state index contributed by atoms with van der Waals surface area (Å²) in [6, 6.07) is 10.0. The molecule has 0 unspecified atom stereocenters. The third-order valence-corrected chi connectivity index (χ3v) is 7.99. The summed E-state index contributed by atoms with van der Waals surface area (Å²) in [5, 5.41) is 12.7. The number of sulfonamides is 1. The highest BCUT2D eigenvalue weighted by Gasteiger charge is 2.34. The van der Waals surface area contributed by atoms with E-state index in [0.29, 0.717) is 25.9 Å². The number of carboxylic acids is 1. The van der Waals surface area contributed by atoms with Crippen LogP contribution in [0.2, 0.25) is 0 Å². The van der Waals surface area contributed by atoms with E-state index in [9.17, 15) is 18.3 Å². The van der Waals surface area contributed by atoms with Crippen LogP contribution in [0.25, 0.3) is 10.4 Å². The Bertz CT molecular complexity index is 917. The molecule has 0 amide bonds. The molecule has 1 atom stereocenters. The number of anilines is 1. The van der Waals surface area contributed by atoms with Crippen molar-refractivity contribution in [3.05, 3.63) is 36.4 Å². The minimum absolute atomic E-state index is 0.124. The molecule has 0 spiro atoms. The molecular weight excluding hydrogens is 398 g/mol. The van der Waals surface area contributed by atoms with E-state index in [2.05, 4.69) is 10.0 Å². The quantitative estimate of drug-likeness (QED) is 0.632. The Morgan fingerprint density at radius 2 is 1.82 bits per heavy atom. The average Bonchev–Trinajstić information content (AvgIpc) is 3.18. The molecule has 3 N–H and O–H groups in total. The van der Waals surface area contributed by atoms with Crippen molar-refractivity contribution in [3.63, 3.8) is 0 Å². The average molecular weight is 424 g/mol. The maximum atomic E-state index is 12.8. The predicted octanol–water partition coefficient (Wildman–Crippen LogP) is 2.21. The van der Waals surface area contributed by atoms with E-state index in [1.807, 2.05) is 43.3 Å². The van der Waals surface area contributed by atoms with Gasteiger partial charge < -0.3 is 15.3 Å². The number of carbonyl (C=O) groups is 1. The van der Waals surface area contributed by atoms with Crippen LogP contribution >= 0.6 is 11.3 Å². The lowest BCUT2D eigenvalue weighted by molar-refractivity contribution is -0.140. The largest absolute Gasteiger partial charge is 0.480 e. The Morgan fingerprint density at radius 3 is 2.39 bits per heavy atom. The van der Waals surface area contributed by atoms with E-state index in [0.717, 1.165) is 27.5 Å². The minimum atomic E-state index is -3.90. The highest BCUT2D eigenvalue weighted by Crippen LogP contribution is 2.32. The number of hydrogen-bond donors (Lipinski definition) is 3. The minimum Gasteiger partial charge on any atom is -0.480 e. The Morgan fingerprint density at radius 1 is 1.18 bits per heavy atom. The normalized spacial score (nSPS) is 16.6. The van der Waals surface area contributed by atoms with Gasteiger partial charge in [0.15, 0.2) is 0 Å². The molecule has 1 saturated heterocycles. The fourth-order valence-electron chi connectivity index (χ4n) is 3.29. The SMILES string of the molecule is CN(C)c1ccc(-c2ccc(S(=O)(=O)N[C@@H](C(=O)O)C3CCNCC3)s2)cc1. The maximum Gasteiger partial charge on any atom is 0.322 e. The zero-order chi connectivity index (χ0) is 20.3. The molecule has 2 heterocycles. The Hall–Kier alpha value is -1.94. The molecule has 9 heteroatoms. The summed E-state index contributed by atoms with van der Waals surface area (Å²) in [5.41, 5.74) is 1.98. The number of hydrogen-bond acceptors (Lipinski definition) is 6. The molecule has 1 fully saturated rings. The van der Waals surface area contributed by atoms with Crippen molar-refractivity contribution in [2.75, 3.05) is 32.1 Å². The molecule has 1 aromatic heterocycles. The van der Waals surface area contributed by atoms with Crippen molar-refractivity contribution < 1.29 is 18.3 Å². The van der Waals surface area contributed by atoms with Gasteiger partial charge in [0, 0.05) is 24.7 Å².